The molecule has 1 heterocycles. The third kappa shape index (κ3) is 4.24. The summed E-state index contributed by atoms with van der Waals surface area (Å²) in [6, 6.07) is 7.08. The molecule has 126 valence electrons. The average Bonchev–Trinajstić information content (AvgIpc) is 2.82. The number of carbonyl (C=O) groups excluding carboxylic acids is 1. The standard InChI is InChI=1S/C19H27FN2O/c20-16-9-7-8-15(14-16)18-12-5-2-6-13-22(18)19(23)21-17-10-3-1-4-11-17/h7-9,14,17-18H,1-6,10-13H2,(H,21,23). The van der Waals surface area contributed by atoms with Gasteiger partial charge in [-0.15, -0.1) is 0 Å². The molecule has 1 aliphatic carbocycles. The van der Waals surface area contributed by atoms with Crippen molar-refractivity contribution in [1.29, 1.82) is 0 Å². The lowest BCUT2D eigenvalue weighted by molar-refractivity contribution is 0.168. The summed E-state index contributed by atoms with van der Waals surface area (Å²) in [5.41, 5.74) is 0.922. The molecule has 2 amide bonds. The maximum absolute atomic E-state index is 13.6. The van der Waals surface area contributed by atoms with Crippen LogP contribution >= 0.6 is 0 Å². The molecule has 1 N–H and O–H groups in total. The molecule has 0 bridgehead atoms. The van der Waals surface area contributed by atoms with Crippen molar-refractivity contribution >= 4 is 6.03 Å². The highest BCUT2D eigenvalue weighted by Crippen LogP contribution is 2.31. The van der Waals surface area contributed by atoms with Gasteiger partial charge in [-0.2, -0.15) is 0 Å². The second kappa shape index (κ2) is 7.80. The predicted molar refractivity (Wildman–Crippen MR) is 89.7 cm³/mol. The second-order valence-electron chi connectivity index (χ2n) is 6.90. The molecule has 1 aliphatic heterocycles. The van der Waals surface area contributed by atoms with Crippen LogP contribution in [0.3, 0.4) is 0 Å². The molecule has 0 spiro atoms. The Morgan fingerprint density at radius 2 is 1.78 bits per heavy atom. The Bertz CT molecular complexity index is 528. The summed E-state index contributed by atoms with van der Waals surface area (Å²) in [4.78, 5) is 14.7. The molecule has 2 fully saturated rings. The summed E-state index contributed by atoms with van der Waals surface area (Å²) in [6.45, 7) is 0.764. The van der Waals surface area contributed by atoms with Crippen molar-refractivity contribution in [2.75, 3.05) is 6.54 Å². The largest absolute Gasteiger partial charge is 0.335 e. The number of likely N-dealkylation sites (tertiary alicyclic amines) is 1. The minimum Gasteiger partial charge on any atom is -0.335 e. The van der Waals surface area contributed by atoms with Crippen LogP contribution < -0.4 is 5.32 Å². The Hall–Kier alpha value is -1.58. The molecular weight excluding hydrogens is 291 g/mol. The number of nitrogens with zero attached hydrogens (tertiary/aromatic N) is 1. The van der Waals surface area contributed by atoms with Gasteiger partial charge < -0.3 is 10.2 Å². The molecule has 0 radical (unpaired) electrons. The van der Waals surface area contributed by atoms with Crippen molar-refractivity contribution in [2.45, 2.75) is 69.9 Å². The molecule has 2 aliphatic rings. The van der Waals surface area contributed by atoms with E-state index in [1.807, 2.05) is 11.0 Å². The first-order chi connectivity index (χ1) is 11.2. The predicted octanol–water partition coefficient (Wildman–Crippen LogP) is 4.79. The summed E-state index contributed by atoms with van der Waals surface area (Å²) in [5.74, 6) is -0.223. The molecule has 1 unspecified atom stereocenters. The Labute approximate surface area is 138 Å². The first-order valence-electron chi connectivity index (χ1n) is 9.06. The van der Waals surface area contributed by atoms with Crippen LogP contribution in [-0.4, -0.2) is 23.5 Å². The van der Waals surface area contributed by atoms with Crippen LogP contribution in [-0.2, 0) is 0 Å². The van der Waals surface area contributed by atoms with E-state index >= 15 is 0 Å². The van der Waals surface area contributed by atoms with Gasteiger partial charge in [-0.25, -0.2) is 9.18 Å². The average molecular weight is 318 g/mol. The number of hydrogen-bond acceptors (Lipinski definition) is 1. The maximum Gasteiger partial charge on any atom is 0.318 e. The van der Waals surface area contributed by atoms with Gasteiger partial charge in [0.15, 0.2) is 0 Å². The van der Waals surface area contributed by atoms with Crippen LogP contribution in [0.2, 0.25) is 0 Å². The van der Waals surface area contributed by atoms with E-state index in [0.717, 1.165) is 50.6 Å². The van der Waals surface area contributed by atoms with Crippen molar-refractivity contribution in [3.8, 4) is 0 Å². The normalized spacial score (nSPS) is 23.3. The molecule has 3 rings (SSSR count). The third-order valence-electron chi connectivity index (χ3n) is 5.18. The van der Waals surface area contributed by atoms with E-state index in [2.05, 4.69) is 5.32 Å². The van der Waals surface area contributed by atoms with E-state index in [1.54, 1.807) is 12.1 Å². The van der Waals surface area contributed by atoms with Gasteiger partial charge in [0, 0.05) is 12.6 Å². The minimum absolute atomic E-state index is 0.00297. The summed E-state index contributed by atoms with van der Waals surface area (Å²) in [5, 5.41) is 3.22. The van der Waals surface area contributed by atoms with Crippen LogP contribution in [0.1, 0.15) is 69.4 Å². The Morgan fingerprint density at radius 3 is 2.57 bits per heavy atom. The fourth-order valence-corrected chi connectivity index (χ4v) is 3.92. The number of amides is 2. The summed E-state index contributed by atoms with van der Waals surface area (Å²) < 4.78 is 13.6. The monoisotopic (exact) mass is 318 g/mol. The first-order valence-corrected chi connectivity index (χ1v) is 9.06. The Balaban J connectivity index is 1.73. The zero-order valence-electron chi connectivity index (χ0n) is 13.8. The molecule has 3 nitrogen and oxygen atoms in total. The van der Waals surface area contributed by atoms with E-state index < -0.39 is 0 Å². The zero-order chi connectivity index (χ0) is 16.1. The molecule has 23 heavy (non-hydrogen) atoms. The number of carbonyl (C=O) groups is 1. The molecule has 1 saturated heterocycles. The lowest BCUT2D eigenvalue weighted by Crippen LogP contribution is -2.46. The minimum atomic E-state index is -0.223. The molecule has 1 aromatic rings. The van der Waals surface area contributed by atoms with E-state index in [4.69, 9.17) is 0 Å². The lowest BCUT2D eigenvalue weighted by atomic mass is 9.95. The summed E-state index contributed by atoms with van der Waals surface area (Å²) in [6.07, 6.45) is 10.0. The number of urea groups is 1. The molecule has 4 heteroatoms. The Kier molecular flexibility index (Phi) is 5.52. The van der Waals surface area contributed by atoms with Crippen LogP contribution in [0.15, 0.2) is 24.3 Å². The van der Waals surface area contributed by atoms with Crippen molar-refractivity contribution < 1.29 is 9.18 Å². The molecule has 1 aromatic carbocycles. The number of nitrogens with one attached hydrogen (secondary N) is 1. The maximum atomic E-state index is 13.6. The SMILES string of the molecule is O=C(NC1CCCCC1)N1CCCCCC1c1cccc(F)c1. The summed E-state index contributed by atoms with van der Waals surface area (Å²) >= 11 is 0. The van der Waals surface area contributed by atoms with E-state index in [-0.39, 0.29) is 17.9 Å². The van der Waals surface area contributed by atoms with Gasteiger partial charge in [-0.3, -0.25) is 0 Å². The van der Waals surface area contributed by atoms with Crippen molar-refractivity contribution in [2.24, 2.45) is 0 Å². The van der Waals surface area contributed by atoms with Gasteiger partial charge in [-0.1, -0.05) is 44.2 Å². The van der Waals surface area contributed by atoms with Gasteiger partial charge in [0.05, 0.1) is 6.04 Å². The van der Waals surface area contributed by atoms with Crippen molar-refractivity contribution in [3.05, 3.63) is 35.6 Å². The van der Waals surface area contributed by atoms with Crippen LogP contribution in [0, 0.1) is 5.82 Å². The smallest absolute Gasteiger partial charge is 0.318 e. The second-order valence-corrected chi connectivity index (χ2v) is 6.90. The molecular formula is C19H27FN2O. The number of rotatable bonds is 2. The van der Waals surface area contributed by atoms with Crippen LogP contribution in [0.5, 0.6) is 0 Å². The summed E-state index contributed by atoms with van der Waals surface area (Å²) in [7, 11) is 0. The van der Waals surface area contributed by atoms with Gasteiger partial charge in [-0.05, 0) is 43.4 Å². The van der Waals surface area contributed by atoms with Gasteiger partial charge in [0.1, 0.15) is 5.82 Å². The van der Waals surface area contributed by atoms with Crippen LogP contribution in [0.25, 0.3) is 0 Å². The van der Waals surface area contributed by atoms with E-state index in [9.17, 15) is 9.18 Å². The van der Waals surface area contributed by atoms with Crippen molar-refractivity contribution in [1.82, 2.24) is 10.2 Å². The van der Waals surface area contributed by atoms with Gasteiger partial charge >= 0.3 is 6.03 Å². The fourth-order valence-electron chi connectivity index (χ4n) is 3.92. The first kappa shape index (κ1) is 16.3. The van der Waals surface area contributed by atoms with Crippen molar-refractivity contribution in [3.63, 3.8) is 0 Å². The fraction of sp³-hybridized carbons (Fsp3) is 0.632. The highest BCUT2D eigenvalue weighted by molar-refractivity contribution is 5.75. The Morgan fingerprint density at radius 1 is 1.04 bits per heavy atom. The zero-order valence-corrected chi connectivity index (χ0v) is 13.8. The topological polar surface area (TPSA) is 32.3 Å². The number of benzene rings is 1. The number of hydrogen-bond donors (Lipinski definition) is 1. The van der Waals surface area contributed by atoms with Gasteiger partial charge in [0.2, 0.25) is 0 Å². The quantitative estimate of drug-likeness (QED) is 0.836. The lowest BCUT2D eigenvalue weighted by Gasteiger charge is -2.33. The highest BCUT2D eigenvalue weighted by Gasteiger charge is 2.28. The third-order valence-corrected chi connectivity index (χ3v) is 5.18. The van der Waals surface area contributed by atoms with E-state index in [0.29, 0.717) is 6.04 Å². The molecule has 1 atom stereocenters. The van der Waals surface area contributed by atoms with Gasteiger partial charge in [0.25, 0.3) is 0 Å². The molecule has 1 saturated carbocycles. The van der Waals surface area contributed by atoms with E-state index in [1.165, 1.54) is 25.3 Å². The number of halogens is 1. The van der Waals surface area contributed by atoms with Crippen LogP contribution in [0.4, 0.5) is 9.18 Å². The highest BCUT2D eigenvalue weighted by atomic mass is 19.1. The molecule has 0 aromatic heterocycles.